The van der Waals surface area contributed by atoms with Crippen LogP contribution in [0.25, 0.3) is 0 Å². The number of amides is 3. The van der Waals surface area contributed by atoms with E-state index in [1.54, 1.807) is 25.1 Å². The Hall–Kier alpha value is -2.57. The number of likely N-dealkylation sites (tertiary alicyclic amines) is 1. The van der Waals surface area contributed by atoms with E-state index in [-0.39, 0.29) is 36.3 Å². The monoisotopic (exact) mass is 402 g/mol. The molecule has 0 bridgehead atoms. The number of carbonyl (C=O) groups excluding carboxylic acids is 2. The van der Waals surface area contributed by atoms with Gasteiger partial charge in [0.2, 0.25) is 0 Å². The average Bonchev–Trinajstić information content (AvgIpc) is 3.05. The van der Waals surface area contributed by atoms with Gasteiger partial charge in [-0.05, 0) is 24.6 Å². The van der Waals surface area contributed by atoms with Gasteiger partial charge < -0.3 is 20.9 Å². The highest BCUT2D eigenvalue weighted by Gasteiger charge is 2.35. The maximum absolute atomic E-state index is 13.2. The molecule has 2 aromatic rings. The maximum Gasteiger partial charge on any atom is 0.321 e. The molecule has 2 aromatic carbocycles. The van der Waals surface area contributed by atoms with Crippen molar-refractivity contribution in [2.45, 2.75) is 18.9 Å². The molecular weight excluding hydrogens is 376 g/mol. The zero-order valence-corrected chi connectivity index (χ0v) is 17.2. The Balaban J connectivity index is 0.00000280. The van der Waals surface area contributed by atoms with E-state index in [1.807, 2.05) is 49.4 Å². The van der Waals surface area contributed by atoms with Gasteiger partial charge in [-0.15, -0.1) is 12.4 Å². The van der Waals surface area contributed by atoms with Gasteiger partial charge in [0.25, 0.3) is 5.91 Å². The van der Waals surface area contributed by atoms with E-state index in [0.717, 1.165) is 11.1 Å². The summed E-state index contributed by atoms with van der Waals surface area (Å²) in [4.78, 5) is 28.5. The van der Waals surface area contributed by atoms with Gasteiger partial charge in [0, 0.05) is 39.1 Å². The number of nitrogens with two attached hydrogens (primary N) is 1. The normalized spacial score (nSPS) is 18.4. The number of rotatable bonds is 3. The van der Waals surface area contributed by atoms with Crippen molar-refractivity contribution in [2.24, 2.45) is 5.73 Å². The molecule has 0 aliphatic carbocycles. The van der Waals surface area contributed by atoms with Crippen molar-refractivity contribution in [1.82, 2.24) is 9.80 Å². The van der Waals surface area contributed by atoms with Crippen LogP contribution in [0.2, 0.25) is 0 Å². The van der Waals surface area contributed by atoms with Gasteiger partial charge in [0.05, 0.1) is 11.3 Å². The molecule has 0 radical (unpaired) electrons. The zero-order chi connectivity index (χ0) is 19.6. The van der Waals surface area contributed by atoms with E-state index >= 15 is 0 Å². The number of nitrogens with one attached hydrogen (secondary N) is 1. The standard InChI is InChI=1S/C21H26N4O2.ClH/c1-14-9-10-19(23-21(27)24(2)3)16(11-14)20(26)25-12-17(18(22)13-25)15-7-5-4-6-8-15;/h4-11,17-18H,12-13,22H2,1-3H3,(H,23,27);1H/t17-,18+;/m0./s1. The van der Waals surface area contributed by atoms with Crippen molar-refractivity contribution >= 4 is 30.0 Å². The summed E-state index contributed by atoms with van der Waals surface area (Å²) in [6.45, 7) is 2.99. The Kier molecular flexibility index (Phi) is 7.05. The Bertz CT molecular complexity index is 842. The van der Waals surface area contributed by atoms with E-state index in [0.29, 0.717) is 24.3 Å². The van der Waals surface area contributed by atoms with Crippen molar-refractivity contribution in [2.75, 3.05) is 32.5 Å². The second kappa shape index (κ2) is 9.08. The maximum atomic E-state index is 13.2. The smallest absolute Gasteiger partial charge is 0.321 e. The molecule has 28 heavy (non-hydrogen) atoms. The molecule has 1 saturated heterocycles. The summed E-state index contributed by atoms with van der Waals surface area (Å²) in [5.41, 5.74) is 9.45. The van der Waals surface area contributed by atoms with Gasteiger partial charge in [0.1, 0.15) is 0 Å². The first-order valence-corrected chi connectivity index (χ1v) is 9.05. The second-order valence-electron chi connectivity index (χ2n) is 7.26. The van der Waals surface area contributed by atoms with Crippen LogP contribution in [0.1, 0.15) is 27.4 Å². The van der Waals surface area contributed by atoms with Crippen molar-refractivity contribution in [3.05, 3.63) is 65.2 Å². The fraction of sp³-hybridized carbons (Fsp3) is 0.333. The van der Waals surface area contributed by atoms with Gasteiger partial charge in [-0.3, -0.25) is 4.79 Å². The highest BCUT2D eigenvalue weighted by atomic mass is 35.5. The van der Waals surface area contributed by atoms with E-state index in [1.165, 1.54) is 4.90 Å². The molecule has 1 aliphatic heterocycles. The summed E-state index contributed by atoms with van der Waals surface area (Å²) in [6, 6.07) is 15.1. The number of hydrogen-bond acceptors (Lipinski definition) is 3. The number of anilines is 1. The summed E-state index contributed by atoms with van der Waals surface area (Å²) >= 11 is 0. The molecule has 1 fully saturated rings. The Labute approximate surface area is 172 Å². The third-order valence-electron chi connectivity index (χ3n) is 4.93. The van der Waals surface area contributed by atoms with Gasteiger partial charge in [0.15, 0.2) is 0 Å². The summed E-state index contributed by atoms with van der Waals surface area (Å²) in [6.07, 6.45) is 0. The predicted octanol–water partition coefficient (Wildman–Crippen LogP) is 3.08. The number of halogens is 1. The molecule has 2 atom stereocenters. The molecule has 7 heteroatoms. The van der Waals surface area contributed by atoms with Crippen LogP contribution in [-0.4, -0.2) is 55.0 Å². The zero-order valence-electron chi connectivity index (χ0n) is 16.4. The lowest BCUT2D eigenvalue weighted by molar-refractivity contribution is 0.0790. The van der Waals surface area contributed by atoms with Crippen LogP contribution in [0.4, 0.5) is 10.5 Å². The Morgan fingerprint density at radius 1 is 1.11 bits per heavy atom. The van der Waals surface area contributed by atoms with Crippen molar-refractivity contribution < 1.29 is 9.59 Å². The van der Waals surface area contributed by atoms with Crippen LogP contribution in [-0.2, 0) is 0 Å². The SMILES string of the molecule is Cc1ccc(NC(=O)N(C)C)c(C(=O)N2C[C@@H](N)[C@H](c3ccccc3)C2)c1.Cl. The van der Waals surface area contributed by atoms with Gasteiger partial charge in [-0.25, -0.2) is 4.79 Å². The Morgan fingerprint density at radius 3 is 2.43 bits per heavy atom. The van der Waals surface area contributed by atoms with Gasteiger partial charge in [-0.2, -0.15) is 0 Å². The second-order valence-corrected chi connectivity index (χ2v) is 7.26. The van der Waals surface area contributed by atoms with Crippen LogP contribution < -0.4 is 11.1 Å². The topological polar surface area (TPSA) is 78.7 Å². The van der Waals surface area contributed by atoms with Crippen LogP contribution >= 0.6 is 12.4 Å². The molecule has 1 heterocycles. The van der Waals surface area contributed by atoms with Crippen molar-refractivity contribution in [3.8, 4) is 0 Å². The molecule has 6 nitrogen and oxygen atoms in total. The van der Waals surface area contributed by atoms with E-state index in [9.17, 15) is 9.59 Å². The van der Waals surface area contributed by atoms with Crippen LogP contribution in [0.3, 0.4) is 0 Å². The third-order valence-corrected chi connectivity index (χ3v) is 4.93. The van der Waals surface area contributed by atoms with Crippen molar-refractivity contribution in [1.29, 1.82) is 0 Å². The summed E-state index contributed by atoms with van der Waals surface area (Å²) < 4.78 is 0. The minimum Gasteiger partial charge on any atom is -0.336 e. The summed E-state index contributed by atoms with van der Waals surface area (Å²) in [5, 5.41) is 2.80. The molecular formula is C21H27ClN4O2. The lowest BCUT2D eigenvalue weighted by Gasteiger charge is -2.20. The number of carbonyl (C=O) groups is 2. The van der Waals surface area contributed by atoms with Crippen LogP contribution in [0.5, 0.6) is 0 Å². The van der Waals surface area contributed by atoms with Gasteiger partial charge in [-0.1, -0.05) is 42.0 Å². The lowest BCUT2D eigenvalue weighted by atomic mass is 9.95. The number of benzene rings is 2. The predicted molar refractivity (Wildman–Crippen MR) is 114 cm³/mol. The quantitative estimate of drug-likeness (QED) is 0.828. The number of nitrogens with zero attached hydrogens (tertiary/aromatic N) is 2. The number of hydrogen-bond donors (Lipinski definition) is 2. The minimum atomic E-state index is -0.270. The van der Waals surface area contributed by atoms with E-state index in [2.05, 4.69) is 5.32 Å². The first-order valence-electron chi connectivity index (χ1n) is 9.05. The molecule has 0 spiro atoms. The Morgan fingerprint density at radius 2 is 1.79 bits per heavy atom. The summed E-state index contributed by atoms with van der Waals surface area (Å²) in [7, 11) is 3.32. The average molecular weight is 403 g/mol. The first-order chi connectivity index (χ1) is 12.9. The van der Waals surface area contributed by atoms with E-state index < -0.39 is 0 Å². The molecule has 1 aliphatic rings. The van der Waals surface area contributed by atoms with Crippen LogP contribution in [0, 0.1) is 6.92 Å². The van der Waals surface area contributed by atoms with Gasteiger partial charge >= 0.3 is 6.03 Å². The largest absolute Gasteiger partial charge is 0.336 e. The number of urea groups is 1. The van der Waals surface area contributed by atoms with Crippen LogP contribution in [0.15, 0.2) is 48.5 Å². The molecule has 3 rings (SSSR count). The van der Waals surface area contributed by atoms with E-state index in [4.69, 9.17) is 5.73 Å². The highest BCUT2D eigenvalue weighted by Crippen LogP contribution is 2.29. The fourth-order valence-electron chi connectivity index (χ4n) is 3.39. The molecule has 3 N–H and O–H groups in total. The molecule has 0 saturated carbocycles. The molecule has 150 valence electrons. The molecule has 3 amide bonds. The molecule has 0 unspecified atom stereocenters. The van der Waals surface area contributed by atoms with Crippen molar-refractivity contribution in [3.63, 3.8) is 0 Å². The minimum absolute atomic E-state index is 0. The fourth-order valence-corrected chi connectivity index (χ4v) is 3.39. The molecule has 0 aromatic heterocycles. The third kappa shape index (κ3) is 4.64. The summed E-state index contributed by atoms with van der Waals surface area (Å²) in [5.74, 6) is 0.00131. The lowest BCUT2D eigenvalue weighted by Crippen LogP contribution is -2.33. The first kappa shape index (κ1) is 21.7. The highest BCUT2D eigenvalue weighted by molar-refractivity contribution is 6.03. The number of aryl methyl sites for hydroxylation is 1.